The zero-order valence-corrected chi connectivity index (χ0v) is 17.3. The quantitative estimate of drug-likeness (QED) is 0.694. The lowest BCUT2D eigenvalue weighted by Gasteiger charge is -2.60. The molecule has 2 nitrogen and oxygen atoms in total. The predicted octanol–water partition coefficient (Wildman–Crippen LogP) is 5.77. The highest BCUT2D eigenvalue weighted by atomic mass is 16.3. The number of hydrogen-bond donors (Lipinski definition) is 1. The van der Waals surface area contributed by atoms with Gasteiger partial charge in [-0.05, 0) is 106 Å². The minimum Gasteiger partial charge on any atom is -0.390 e. The molecule has 0 aromatic heterocycles. The van der Waals surface area contributed by atoms with Gasteiger partial charge < -0.3 is 5.11 Å². The maximum absolute atomic E-state index is 12.4. The average molecular weight is 361 g/mol. The molecule has 4 rings (SSSR count). The standard InChI is InChI=1S/C24H40O2/c1-4-12-24(26)14-11-18-17(15-24)8-9-20-19(18)10-13-23(3)21(16(2)25)6-5-7-22(20)23/h17-22,26H,4-15H2,1-3H3/t17-,18-,19+,20+,21-,22-,23+,24+/m0/s1. The lowest BCUT2D eigenvalue weighted by Crippen LogP contribution is -2.54. The monoisotopic (exact) mass is 360 g/mol. The van der Waals surface area contributed by atoms with Gasteiger partial charge in [0.2, 0.25) is 0 Å². The molecule has 1 N–H and O–H groups in total. The molecule has 4 aliphatic rings. The molecule has 26 heavy (non-hydrogen) atoms. The molecule has 0 aromatic carbocycles. The Hall–Kier alpha value is -0.370. The zero-order chi connectivity index (χ0) is 18.5. The van der Waals surface area contributed by atoms with E-state index in [1.165, 1.54) is 44.9 Å². The molecule has 0 amide bonds. The number of rotatable bonds is 3. The molecule has 4 saturated carbocycles. The molecule has 4 fully saturated rings. The summed E-state index contributed by atoms with van der Waals surface area (Å²) in [6.45, 7) is 6.51. The summed E-state index contributed by atoms with van der Waals surface area (Å²) in [5.41, 5.74) is -0.0911. The van der Waals surface area contributed by atoms with Crippen molar-refractivity contribution in [2.45, 2.75) is 103 Å². The first-order chi connectivity index (χ1) is 12.4. The van der Waals surface area contributed by atoms with Crippen LogP contribution in [-0.4, -0.2) is 16.5 Å². The van der Waals surface area contributed by atoms with Crippen molar-refractivity contribution >= 4 is 5.78 Å². The van der Waals surface area contributed by atoms with Gasteiger partial charge in [0.1, 0.15) is 5.78 Å². The van der Waals surface area contributed by atoms with Crippen LogP contribution in [0.2, 0.25) is 0 Å². The molecule has 0 radical (unpaired) electrons. The van der Waals surface area contributed by atoms with Gasteiger partial charge in [0.25, 0.3) is 0 Å². The largest absolute Gasteiger partial charge is 0.390 e. The van der Waals surface area contributed by atoms with Crippen LogP contribution >= 0.6 is 0 Å². The molecule has 0 aromatic rings. The lowest BCUT2D eigenvalue weighted by molar-refractivity contribution is -0.147. The Morgan fingerprint density at radius 2 is 1.77 bits per heavy atom. The molecule has 0 saturated heterocycles. The summed E-state index contributed by atoms with van der Waals surface area (Å²) >= 11 is 0. The minimum absolute atomic E-state index is 0.274. The number of aliphatic hydroxyl groups is 1. The first-order valence-corrected chi connectivity index (χ1v) is 11.6. The first-order valence-electron chi connectivity index (χ1n) is 11.6. The second-order valence-corrected chi connectivity index (χ2v) is 10.8. The zero-order valence-electron chi connectivity index (χ0n) is 17.3. The first kappa shape index (κ1) is 19.0. The fourth-order valence-electron chi connectivity index (χ4n) is 8.52. The second kappa shape index (κ2) is 6.90. The fourth-order valence-corrected chi connectivity index (χ4v) is 8.52. The van der Waals surface area contributed by atoms with Crippen LogP contribution in [0.5, 0.6) is 0 Å². The summed E-state index contributed by atoms with van der Waals surface area (Å²) in [5, 5.41) is 11.0. The topological polar surface area (TPSA) is 37.3 Å². The highest BCUT2D eigenvalue weighted by Gasteiger charge is 2.56. The van der Waals surface area contributed by atoms with E-state index in [0.717, 1.165) is 61.7 Å². The summed E-state index contributed by atoms with van der Waals surface area (Å²) in [5.74, 6) is 4.90. The maximum Gasteiger partial charge on any atom is 0.133 e. The highest BCUT2D eigenvalue weighted by molar-refractivity contribution is 5.79. The Bertz CT molecular complexity index is 542. The van der Waals surface area contributed by atoms with Crippen LogP contribution in [0.4, 0.5) is 0 Å². The molecule has 8 atom stereocenters. The Labute approximate surface area is 160 Å². The summed E-state index contributed by atoms with van der Waals surface area (Å²) in [4.78, 5) is 12.4. The summed E-state index contributed by atoms with van der Waals surface area (Å²) in [6, 6.07) is 0. The minimum atomic E-state index is -0.365. The van der Waals surface area contributed by atoms with E-state index in [2.05, 4.69) is 13.8 Å². The molecule has 0 aliphatic heterocycles. The Balaban J connectivity index is 1.52. The number of carbonyl (C=O) groups is 1. The van der Waals surface area contributed by atoms with Crippen LogP contribution in [0.1, 0.15) is 97.8 Å². The fraction of sp³-hybridized carbons (Fsp3) is 0.958. The molecule has 0 heterocycles. The van der Waals surface area contributed by atoms with Gasteiger partial charge in [-0.3, -0.25) is 4.79 Å². The SMILES string of the molecule is CCC[C@@]1(O)CC[C@H]2[C@@H](CC[C@@H]3[C@@H]2CC[C@]2(C)[C@H](C(C)=O)CCC[C@@H]32)C1. The molecule has 0 unspecified atom stereocenters. The number of hydrogen-bond acceptors (Lipinski definition) is 2. The third-order valence-corrected chi connectivity index (χ3v) is 9.55. The molecule has 0 bridgehead atoms. The van der Waals surface area contributed by atoms with Crippen LogP contribution in [0.3, 0.4) is 0 Å². The van der Waals surface area contributed by atoms with Crippen molar-refractivity contribution in [1.82, 2.24) is 0 Å². The summed E-state index contributed by atoms with van der Waals surface area (Å²) in [7, 11) is 0. The van der Waals surface area contributed by atoms with E-state index in [9.17, 15) is 9.90 Å². The van der Waals surface area contributed by atoms with Gasteiger partial charge in [-0.15, -0.1) is 0 Å². The molecular weight excluding hydrogens is 320 g/mol. The summed E-state index contributed by atoms with van der Waals surface area (Å²) < 4.78 is 0. The van der Waals surface area contributed by atoms with Crippen LogP contribution in [0.15, 0.2) is 0 Å². The predicted molar refractivity (Wildman–Crippen MR) is 106 cm³/mol. The van der Waals surface area contributed by atoms with Crippen molar-refractivity contribution in [3.63, 3.8) is 0 Å². The van der Waals surface area contributed by atoms with Crippen molar-refractivity contribution in [1.29, 1.82) is 0 Å². The van der Waals surface area contributed by atoms with Gasteiger partial charge in [-0.2, -0.15) is 0 Å². The van der Waals surface area contributed by atoms with Crippen molar-refractivity contribution in [3.8, 4) is 0 Å². The van der Waals surface area contributed by atoms with E-state index < -0.39 is 0 Å². The van der Waals surface area contributed by atoms with Gasteiger partial charge in [0.15, 0.2) is 0 Å². The van der Waals surface area contributed by atoms with Crippen LogP contribution < -0.4 is 0 Å². The molecule has 0 spiro atoms. The van der Waals surface area contributed by atoms with E-state index >= 15 is 0 Å². The molecular formula is C24H40O2. The molecule has 2 heteroatoms. The van der Waals surface area contributed by atoms with E-state index in [0.29, 0.717) is 11.7 Å². The Morgan fingerprint density at radius 3 is 2.50 bits per heavy atom. The molecule has 4 aliphatic carbocycles. The number of Topliss-reactive ketones (excluding diaryl/α,β-unsaturated/α-hetero) is 1. The highest BCUT2D eigenvalue weighted by Crippen LogP contribution is 2.63. The lowest BCUT2D eigenvalue weighted by atomic mass is 9.44. The third kappa shape index (κ3) is 2.99. The van der Waals surface area contributed by atoms with Crippen molar-refractivity contribution < 1.29 is 9.90 Å². The van der Waals surface area contributed by atoms with Gasteiger partial charge in [-0.25, -0.2) is 0 Å². The normalized spacial score (nSPS) is 51.1. The molecule has 148 valence electrons. The van der Waals surface area contributed by atoms with Crippen molar-refractivity contribution in [3.05, 3.63) is 0 Å². The number of ketones is 1. The maximum atomic E-state index is 12.4. The van der Waals surface area contributed by atoms with Crippen LogP contribution in [-0.2, 0) is 4.79 Å². The van der Waals surface area contributed by atoms with Gasteiger partial charge >= 0.3 is 0 Å². The average Bonchev–Trinajstić information content (AvgIpc) is 2.59. The summed E-state index contributed by atoms with van der Waals surface area (Å²) in [6.07, 6.45) is 14.5. The van der Waals surface area contributed by atoms with E-state index in [1.807, 2.05) is 6.92 Å². The Kier molecular flexibility index (Phi) is 5.04. The number of fused-ring (bicyclic) bond motifs is 5. The second-order valence-electron chi connectivity index (χ2n) is 10.8. The van der Waals surface area contributed by atoms with Crippen LogP contribution in [0, 0.1) is 40.9 Å². The van der Waals surface area contributed by atoms with E-state index in [-0.39, 0.29) is 11.0 Å². The van der Waals surface area contributed by atoms with Crippen molar-refractivity contribution in [2.24, 2.45) is 40.9 Å². The van der Waals surface area contributed by atoms with E-state index in [1.54, 1.807) is 0 Å². The van der Waals surface area contributed by atoms with Gasteiger partial charge in [-0.1, -0.05) is 26.7 Å². The van der Waals surface area contributed by atoms with Crippen molar-refractivity contribution in [2.75, 3.05) is 0 Å². The van der Waals surface area contributed by atoms with E-state index in [4.69, 9.17) is 0 Å². The number of carbonyl (C=O) groups excluding carboxylic acids is 1. The third-order valence-electron chi connectivity index (χ3n) is 9.55. The smallest absolute Gasteiger partial charge is 0.133 e. The Morgan fingerprint density at radius 1 is 1.00 bits per heavy atom. The van der Waals surface area contributed by atoms with Gasteiger partial charge in [0, 0.05) is 5.92 Å². The van der Waals surface area contributed by atoms with Gasteiger partial charge in [0.05, 0.1) is 5.60 Å². The van der Waals surface area contributed by atoms with Crippen LogP contribution in [0.25, 0.3) is 0 Å².